The highest BCUT2D eigenvalue weighted by atomic mass is 32.1. The maximum Gasteiger partial charge on any atom is 0.326 e. The smallest absolute Gasteiger partial charge is 0.326 e. The fourth-order valence-electron chi connectivity index (χ4n) is 2.81. The van der Waals surface area contributed by atoms with Gasteiger partial charge in [0, 0.05) is 11.1 Å². The van der Waals surface area contributed by atoms with Crippen molar-refractivity contribution in [1.29, 1.82) is 0 Å². The van der Waals surface area contributed by atoms with Crippen LogP contribution in [-0.2, 0) is 16.1 Å². The molecule has 0 aliphatic carbocycles. The molecule has 144 valence electrons. The number of esters is 1. The number of aryl methyl sites for hydroxylation is 1. The van der Waals surface area contributed by atoms with Crippen LogP contribution in [0.15, 0.2) is 58.8 Å². The number of anilines is 1. The summed E-state index contributed by atoms with van der Waals surface area (Å²) in [5.74, 6) is -0.615. The van der Waals surface area contributed by atoms with E-state index in [1.54, 1.807) is 19.1 Å². The van der Waals surface area contributed by atoms with Gasteiger partial charge in [-0.15, -0.1) is 10.2 Å². The SMILES string of the molecule is CCOC(=O)Cn1c(O)c(N=NC(=S)Nc2ccccc2C)c2ccccc21. The summed E-state index contributed by atoms with van der Waals surface area (Å²) in [6.45, 7) is 3.83. The van der Waals surface area contributed by atoms with Gasteiger partial charge in [-0.2, -0.15) is 0 Å². The predicted octanol–water partition coefficient (Wildman–Crippen LogP) is 4.70. The van der Waals surface area contributed by atoms with E-state index in [0.29, 0.717) is 10.9 Å². The van der Waals surface area contributed by atoms with E-state index in [2.05, 4.69) is 15.5 Å². The van der Waals surface area contributed by atoms with E-state index in [1.807, 2.05) is 43.3 Å². The fraction of sp³-hybridized carbons (Fsp3) is 0.200. The number of ether oxygens (including phenoxy) is 1. The van der Waals surface area contributed by atoms with Crippen molar-refractivity contribution in [2.24, 2.45) is 10.2 Å². The van der Waals surface area contributed by atoms with E-state index in [9.17, 15) is 9.90 Å². The van der Waals surface area contributed by atoms with Crippen LogP contribution in [0.3, 0.4) is 0 Å². The molecule has 0 atom stereocenters. The van der Waals surface area contributed by atoms with Gasteiger partial charge in [-0.3, -0.25) is 9.36 Å². The third-order valence-corrected chi connectivity index (χ3v) is 4.32. The van der Waals surface area contributed by atoms with E-state index < -0.39 is 5.97 Å². The molecule has 0 aliphatic rings. The molecule has 0 spiro atoms. The summed E-state index contributed by atoms with van der Waals surface area (Å²) in [4.78, 5) is 11.9. The highest BCUT2D eigenvalue weighted by molar-refractivity contribution is 7.80. The van der Waals surface area contributed by atoms with E-state index in [0.717, 1.165) is 11.3 Å². The average molecular weight is 396 g/mol. The van der Waals surface area contributed by atoms with Gasteiger partial charge in [0.2, 0.25) is 11.0 Å². The molecule has 0 unspecified atom stereocenters. The van der Waals surface area contributed by atoms with Crippen molar-refractivity contribution < 1.29 is 14.6 Å². The molecule has 0 saturated heterocycles. The number of fused-ring (bicyclic) bond motifs is 1. The molecule has 7 nitrogen and oxygen atoms in total. The van der Waals surface area contributed by atoms with Gasteiger partial charge in [0.05, 0.1) is 12.1 Å². The number of azo groups is 1. The Balaban J connectivity index is 1.89. The van der Waals surface area contributed by atoms with Crippen molar-refractivity contribution in [3.05, 3.63) is 54.1 Å². The molecule has 8 heteroatoms. The molecule has 1 aromatic heterocycles. The number of nitrogens with one attached hydrogen (secondary N) is 1. The number of aromatic hydroxyl groups is 1. The maximum absolute atomic E-state index is 11.9. The lowest BCUT2D eigenvalue weighted by atomic mass is 10.2. The normalized spacial score (nSPS) is 11.1. The average Bonchev–Trinajstić information content (AvgIpc) is 2.94. The van der Waals surface area contributed by atoms with Crippen molar-refractivity contribution in [3.63, 3.8) is 0 Å². The summed E-state index contributed by atoms with van der Waals surface area (Å²) in [7, 11) is 0. The van der Waals surface area contributed by atoms with Crippen LogP contribution >= 0.6 is 12.2 Å². The molecule has 3 rings (SSSR count). The van der Waals surface area contributed by atoms with E-state index >= 15 is 0 Å². The highest BCUT2D eigenvalue weighted by Gasteiger charge is 2.18. The number of nitrogens with zero attached hydrogens (tertiary/aromatic N) is 3. The summed E-state index contributed by atoms with van der Waals surface area (Å²) >= 11 is 5.24. The van der Waals surface area contributed by atoms with Crippen molar-refractivity contribution in [3.8, 4) is 5.88 Å². The molecule has 1 heterocycles. The Morgan fingerprint density at radius 1 is 1.21 bits per heavy atom. The van der Waals surface area contributed by atoms with Crippen LogP contribution < -0.4 is 5.32 Å². The number of carbonyl (C=O) groups excluding carboxylic acids is 1. The number of thiocarbonyl (C=S) groups is 1. The molecule has 0 fully saturated rings. The highest BCUT2D eigenvalue weighted by Crippen LogP contribution is 2.38. The third-order valence-electron chi connectivity index (χ3n) is 4.14. The second-order valence-corrected chi connectivity index (χ2v) is 6.41. The van der Waals surface area contributed by atoms with Crippen molar-refractivity contribution >= 4 is 45.6 Å². The molecule has 0 radical (unpaired) electrons. The Morgan fingerprint density at radius 2 is 1.93 bits per heavy atom. The van der Waals surface area contributed by atoms with E-state index in [-0.39, 0.29) is 29.8 Å². The number of hydrogen-bond donors (Lipinski definition) is 2. The number of benzene rings is 2. The minimum Gasteiger partial charge on any atom is -0.493 e. The van der Waals surface area contributed by atoms with Gasteiger partial charge in [0.15, 0.2) is 5.69 Å². The van der Waals surface area contributed by atoms with Gasteiger partial charge < -0.3 is 15.2 Å². The molecule has 2 aromatic carbocycles. The largest absolute Gasteiger partial charge is 0.493 e. The lowest BCUT2D eigenvalue weighted by molar-refractivity contribution is -0.143. The van der Waals surface area contributed by atoms with E-state index in [1.165, 1.54) is 4.57 Å². The molecule has 0 aliphatic heterocycles. The Hall–Kier alpha value is -3.26. The number of carbonyl (C=O) groups is 1. The molecule has 0 amide bonds. The van der Waals surface area contributed by atoms with Crippen LogP contribution in [0.5, 0.6) is 5.88 Å². The monoisotopic (exact) mass is 396 g/mol. The van der Waals surface area contributed by atoms with Crippen molar-refractivity contribution in [2.75, 3.05) is 11.9 Å². The number of hydrogen-bond acceptors (Lipinski definition) is 5. The summed E-state index contributed by atoms with van der Waals surface area (Å²) in [5, 5.41) is 22.6. The standard InChI is InChI=1S/C20H20N4O3S/c1-3-27-17(25)12-24-16-11-7-5-9-14(16)18(19(24)26)22-23-20(28)21-15-10-6-4-8-13(15)2/h4-11,26H,3,12H2,1-2H3,(H,21,28). The number of para-hydroxylation sites is 2. The molecule has 28 heavy (non-hydrogen) atoms. The molecule has 3 aromatic rings. The van der Waals surface area contributed by atoms with Gasteiger partial charge in [0.1, 0.15) is 6.54 Å². The lowest BCUT2D eigenvalue weighted by Gasteiger charge is -2.06. The number of rotatable bonds is 5. The first-order chi connectivity index (χ1) is 13.5. The van der Waals surface area contributed by atoms with Crippen LogP contribution in [0.25, 0.3) is 10.9 Å². The van der Waals surface area contributed by atoms with Crippen molar-refractivity contribution in [2.45, 2.75) is 20.4 Å². The predicted molar refractivity (Wildman–Crippen MR) is 112 cm³/mol. The van der Waals surface area contributed by atoms with Crippen LogP contribution in [0.4, 0.5) is 11.4 Å². The van der Waals surface area contributed by atoms with Gasteiger partial charge in [-0.1, -0.05) is 36.4 Å². The summed E-state index contributed by atoms with van der Waals surface area (Å²) in [5.41, 5.74) is 2.75. The topological polar surface area (TPSA) is 88.2 Å². The quantitative estimate of drug-likeness (QED) is 0.371. The Bertz CT molecular complexity index is 1060. The molecule has 0 bridgehead atoms. The first-order valence-corrected chi connectivity index (χ1v) is 9.16. The Kier molecular flexibility index (Phi) is 6.00. The molecular formula is C20H20N4O3S. The fourth-order valence-corrected chi connectivity index (χ4v) is 2.97. The minimum absolute atomic E-state index is 0.123. The van der Waals surface area contributed by atoms with Crippen molar-refractivity contribution in [1.82, 2.24) is 4.57 Å². The molecular weight excluding hydrogens is 376 g/mol. The lowest BCUT2D eigenvalue weighted by Crippen LogP contribution is -2.12. The van der Waals surface area contributed by atoms with Crippen LogP contribution in [0, 0.1) is 6.92 Å². The summed E-state index contributed by atoms with van der Waals surface area (Å²) < 4.78 is 6.42. The van der Waals surface area contributed by atoms with Gasteiger partial charge in [0.25, 0.3) is 0 Å². The zero-order valence-corrected chi connectivity index (χ0v) is 16.4. The van der Waals surface area contributed by atoms with Gasteiger partial charge >= 0.3 is 5.97 Å². The van der Waals surface area contributed by atoms with Crippen LogP contribution in [-0.4, -0.2) is 27.4 Å². The summed E-state index contributed by atoms with van der Waals surface area (Å²) in [6.07, 6.45) is 0. The first kappa shape index (κ1) is 19.5. The Morgan fingerprint density at radius 3 is 2.68 bits per heavy atom. The maximum atomic E-state index is 11.9. The number of aromatic nitrogens is 1. The second kappa shape index (κ2) is 8.62. The molecule has 2 N–H and O–H groups in total. The Labute approximate surface area is 167 Å². The van der Waals surface area contributed by atoms with Gasteiger partial charge in [-0.25, -0.2) is 0 Å². The zero-order chi connectivity index (χ0) is 20.1. The summed E-state index contributed by atoms with van der Waals surface area (Å²) in [6, 6.07) is 14.9. The first-order valence-electron chi connectivity index (χ1n) is 8.75. The zero-order valence-electron chi connectivity index (χ0n) is 15.5. The molecule has 0 saturated carbocycles. The second-order valence-electron chi connectivity index (χ2n) is 6.03. The van der Waals surface area contributed by atoms with Gasteiger partial charge in [-0.05, 0) is 43.8 Å². The van der Waals surface area contributed by atoms with Crippen LogP contribution in [0.2, 0.25) is 0 Å². The minimum atomic E-state index is -0.446. The van der Waals surface area contributed by atoms with E-state index in [4.69, 9.17) is 17.0 Å². The third kappa shape index (κ3) is 4.17. The van der Waals surface area contributed by atoms with Crippen LogP contribution in [0.1, 0.15) is 12.5 Å².